The van der Waals surface area contributed by atoms with Gasteiger partial charge in [0.1, 0.15) is 0 Å². The molecule has 1 saturated heterocycles. The first-order valence-corrected chi connectivity index (χ1v) is 4.89. The molecule has 1 N–H and O–H groups in total. The maximum Gasteiger partial charge on any atom is 0.407 e. The Labute approximate surface area is 83.4 Å². The van der Waals surface area contributed by atoms with Crippen molar-refractivity contribution >= 4 is 12.5 Å². The first-order chi connectivity index (χ1) is 6.76. The van der Waals surface area contributed by atoms with Crippen LogP contribution in [0.1, 0.15) is 19.8 Å². The molecule has 14 heavy (non-hydrogen) atoms. The van der Waals surface area contributed by atoms with Crippen molar-refractivity contribution in [1.29, 1.82) is 0 Å². The summed E-state index contributed by atoms with van der Waals surface area (Å²) in [6.07, 6.45) is 2.09. The predicted octanol–water partition coefficient (Wildman–Crippen LogP) is 0.353. The fraction of sp³-hybridized carbons (Fsp3) is 0.778. The van der Waals surface area contributed by atoms with Crippen LogP contribution in [0.15, 0.2) is 0 Å². The zero-order chi connectivity index (χ0) is 10.4. The topological polar surface area (TPSA) is 58.6 Å². The maximum absolute atomic E-state index is 11.0. The molecule has 5 nitrogen and oxygen atoms in total. The Morgan fingerprint density at radius 1 is 1.57 bits per heavy atom. The molecule has 0 unspecified atom stereocenters. The van der Waals surface area contributed by atoms with E-state index in [-0.39, 0.29) is 12.1 Å². The van der Waals surface area contributed by atoms with E-state index < -0.39 is 0 Å². The fourth-order valence-corrected chi connectivity index (χ4v) is 1.49. The lowest BCUT2D eigenvalue weighted by atomic mass is 10.1. The molecule has 2 amide bonds. The average Bonchev–Trinajstić information content (AvgIpc) is 2.19. The third-order valence-electron chi connectivity index (χ3n) is 2.28. The lowest BCUT2D eigenvalue weighted by Crippen LogP contribution is -2.44. The standard InChI is InChI=1S/C9H16N2O3/c1-2-14-9(13)10-8-3-5-11(7-12)6-4-8/h7-8H,2-6H2,1H3,(H,10,13). The third-order valence-corrected chi connectivity index (χ3v) is 2.28. The zero-order valence-electron chi connectivity index (χ0n) is 8.36. The first-order valence-electron chi connectivity index (χ1n) is 4.89. The average molecular weight is 200 g/mol. The van der Waals surface area contributed by atoms with Crippen LogP contribution in [0.5, 0.6) is 0 Å². The van der Waals surface area contributed by atoms with Gasteiger partial charge in [-0.2, -0.15) is 0 Å². The van der Waals surface area contributed by atoms with Gasteiger partial charge in [0.25, 0.3) is 0 Å². The Balaban J connectivity index is 2.21. The van der Waals surface area contributed by atoms with Crippen LogP contribution in [0.2, 0.25) is 0 Å². The largest absolute Gasteiger partial charge is 0.450 e. The molecule has 1 heterocycles. The van der Waals surface area contributed by atoms with E-state index in [0.29, 0.717) is 19.7 Å². The molecule has 5 heteroatoms. The summed E-state index contributed by atoms with van der Waals surface area (Å²) in [5.41, 5.74) is 0. The molecule has 0 spiro atoms. The Hall–Kier alpha value is -1.26. The van der Waals surface area contributed by atoms with Crippen LogP contribution in [-0.4, -0.2) is 43.1 Å². The summed E-state index contributed by atoms with van der Waals surface area (Å²) < 4.78 is 4.76. The Morgan fingerprint density at radius 2 is 2.21 bits per heavy atom. The van der Waals surface area contributed by atoms with Crippen molar-refractivity contribution in [1.82, 2.24) is 10.2 Å². The number of ether oxygens (including phenoxy) is 1. The Bertz CT molecular complexity index is 200. The van der Waals surface area contributed by atoms with Gasteiger partial charge in [0.15, 0.2) is 0 Å². The molecule has 1 aliphatic rings. The van der Waals surface area contributed by atoms with Gasteiger partial charge < -0.3 is 15.0 Å². The van der Waals surface area contributed by atoms with Crippen molar-refractivity contribution in [2.75, 3.05) is 19.7 Å². The zero-order valence-corrected chi connectivity index (χ0v) is 8.36. The van der Waals surface area contributed by atoms with Crippen LogP contribution < -0.4 is 5.32 Å². The number of hydrogen-bond acceptors (Lipinski definition) is 3. The SMILES string of the molecule is CCOC(=O)NC1CCN(C=O)CC1. The Kier molecular flexibility index (Phi) is 4.22. The van der Waals surface area contributed by atoms with Crippen molar-refractivity contribution in [2.45, 2.75) is 25.8 Å². The van der Waals surface area contributed by atoms with E-state index in [0.717, 1.165) is 19.3 Å². The maximum atomic E-state index is 11.0. The number of nitrogens with one attached hydrogen (secondary N) is 1. The first kappa shape index (κ1) is 10.8. The number of likely N-dealkylation sites (tertiary alicyclic amines) is 1. The smallest absolute Gasteiger partial charge is 0.407 e. The van der Waals surface area contributed by atoms with Gasteiger partial charge in [-0.25, -0.2) is 4.79 Å². The van der Waals surface area contributed by atoms with Gasteiger partial charge in [-0.1, -0.05) is 0 Å². The van der Waals surface area contributed by atoms with Gasteiger partial charge in [-0.05, 0) is 19.8 Å². The molecule has 80 valence electrons. The lowest BCUT2D eigenvalue weighted by Gasteiger charge is -2.29. The van der Waals surface area contributed by atoms with Gasteiger partial charge in [-0.3, -0.25) is 4.79 Å². The van der Waals surface area contributed by atoms with Crippen LogP contribution in [0.3, 0.4) is 0 Å². The second kappa shape index (κ2) is 5.47. The minimum absolute atomic E-state index is 0.144. The number of hydrogen-bond donors (Lipinski definition) is 1. The lowest BCUT2D eigenvalue weighted by molar-refractivity contribution is -0.119. The minimum Gasteiger partial charge on any atom is -0.450 e. The molecular weight excluding hydrogens is 184 g/mol. The Morgan fingerprint density at radius 3 is 2.71 bits per heavy atom. The van der Waals surface area contributed by atoms with E-state index in [1.165, 1.54) is 0 Å². The summed E-state index contributed by atoms with van der Waals surface area (Å²) >= 11 is 0. The molecule has 0 radical (unpaired) electrons. The van der Waals surface area contributed by atoms with Gasteiger partial charge in [0.2, 0.25) is 6.41 Å². The van der Waals surface area contributed by atoms with Gasteiger partial charge in [-0.15, -0.1) is 0 Å². The third kappa shape index (κ3) is 3.24. The monoisotopic (exact) mass is 200 g/mol. The number of rotatable bonds is 3. The molecule has 0 atom stereocenters. The number of piperidine rings is 1. The van der Waals surface area contributed by atoms with Crippen molar-refractivity contribution in [2.24, 2.45) is 0 Å². The quantitative estimate of drug-likeness (QED) is 0.669. The van der Waals surface area contributed by atoms with Crippen LogP contribution in [-0.2, 0) is 9.53 Å². The number of nitrogens with zero attached hydrogens (tertiary/aromatic N) is 1. The van der Waals surface area contributed by atoms with Gasteiger partial charge in [0.05, 0.1) is 6.61 Å². The number of carbonyl (C=O) groups is 2. The number of alkyl carbamates (subject to hydrolysis) is 1. The fourth-order valence-electron chi connectivity index (χ4n) is 1.49. The molecule has 0 aromatic carbocycles. The second-order valence-electron chi connectivity index (χ2n) is 3.28. The van der Waals surface area contributed by atoms with Crippen LogP contribution >= 0.6 is 0 Å². The summed E-state index contributed by atoms with van der Waals surface area (Å²) in [6, 6.07) is 0.144. The van der Waals surface area contributed by atoms with Crippen LogP contribution in [0, 0.1) is 0 Å². The predicted molar refractivity (Wildman–Crippen MR) is 50.8 cm³/mol. The molecule has 0 bridgehead atoms. The summed E-state index contributed by atoms with van der Waals surface area (Å²) in [5.74, 6) is 0. The van der Waals surface area contributed by atoms with E-state index in [2.05, 4.69) is 5.32 Å². The molecule has 0 saturated carbocycles. The highest BCUT2D eigenvalue weighted by Gasteiger charge is 2.19. The van der Waals surface area contributed by atoms with E-state index in [1.807, 2.05) is 0 Å². The van der Waals surface area contributed by atoms with E-state index >= 15 is 0 Å². The normalized spacial score (nSPS) is 17.6. The van der Waals surface area contributed by atoms with Gasteiger partial charge >= 0.3 is 6.09 Å². The summed E-state index contributed by atoms with van der Waals surface area (Å²) in [5, 5.41) is 2.76. The minimum atomic E-state index is -0.364. The second-order valence-corrected chi connectivity index (χ2v) is 3.28. The molecule has 0 aromatic heterocycles. The van der Waals surface area contributed by atoms with E-state index in [1.54, 1.807) is 11.8 Å². The summed E-state index contributed by atoms with van der Waals surface area (Å²) in [6.45, 7) is 3.58. The molecule has 1 rings (SSSR count). The van der Waals surface area contributed by atoms with Crippen molar-refractivity contribution in [3.63, 3.8) is 0 Å². The molecular formula is C9H16N2O3. The molecule has 1 aliphatic heterocycles. The van der Waals surface area contributed by atoms with E-state index in [9.17, 15) is 9.59 Å². The highest BCUT2D eigenvalue weighted by Crippen LogP contribution is 2.08. The number of amides is 2. The van der Waals surface area contributed by atoms with Crippen molar-refractivity contribution in [3.05, 3.63) is 0 Å². The highest BCUT2D eigenvalue weighted by atomic mass is 16.5. The van der Waals surface area contributed by atoms with Crippen LogP contribution in [0.4, 0.5) is 4.79 Å². The molecule has 1 fully saturated rings. The van der Waals surface area contributed by atoms with Gasteiger partial charge in [0, 0.05) is 19.1 Å². The van der Waals surface area contributed by atoms with Crippen molar-refractivity contribution < 1.29 is 14.3 Å². The van der Waals surface area contributed by atoms with Crippen molar-refractivity contribution in [3.8, 4) is 0 Å². The number of carbonyl (C=O) groups excluding carboxylic acids is 2. The van der Waals surface area contributed by atoms with Crippen LogP contribution in [0.25, 0.3) is 0 Å². The summed E-state index contributed by atoms with van der Waals surface area (Å²) in [7, 11) is 0. The highest BCUT2D eigenvalue weighted by molar-refractivity contribution is 5.67. The van der Waals surface area contributed by atoms with E-state index in [4.69, 9.17) is 4.74 Å². The molecule has 0 aliphatic carbocycles. The summed E-state index contributed by atoms with van der Waals surface area (Å²) in [4.78, 5) is 23.2. The molecule has 0 aromatic rings.